The summed E-state index contributed by atoms with van der Waals surface area (Å²) in [5, 5.41) is 8.68. The minimum Gasteiger partial charge on any atom is -0.481 e. The van der Waals surface area contributed by atoms with E-state index in [0.29, 0.717) is 12.3 Å². The molecule has 0 unspecified atom stereocenters. The lowest BCUT2D eigenvalue weighted by Crippen LogP contribution is -2.11. The van der Waals surface area contributed by atoms with Gasteiger partial charge >= 0.3 is 5.97 Å². The van der Waals surface area contributed by atoms with Gasteiger partial charge in [0.2, 0.25) is 0 Å². The number of aromatic nitrogens is 2. The van der Waals surface area contributed by atoms with E-state index >= 15 is 0 Å². The van der Waals surface area contributed by atoms with Crippen LogP contribution in [0.2, 0.25) is 0 Å². The molecule has 4 nitrogen and oxygen atoms in total. The van der Waals surface area contributed by atoms with Crippen LogP contribution in [0.1, 0.15) is 56.0 Å². The second kappa shape index (κ2) is 5.34. The SMILES string of the molecule is Cn1c(C2CCCCC2)cnc1CCC(=O)O. The van der Waals surface area contributed by atoms with Gasteiger partial charge in [0.1, 0.15) is 5.82 Å². The Bertz CT molecular complexity index is 392. The number of nitrogens with zero attached hydrogens (tertiary/aromatic N) is 2. The highest BCUT2D eigenvalue weighted by molar-refractivity contribution is 5.66. The van der Waals surface area contributed by atoms with Crippen molar-refractivity contribution in [2.24, 2.45) is 7.05 Å². The molecule has 0 amide bonds. The third-order valence-electron chi connectivity index (χ3n) is 3.71. The lowest BCUT2D eigenvalue weighted by atomic mass is 9.87. The fourth-order valence-electron chi connectivity index (χ4n) is 2.69. The van der Waals surface area contributed by atoms with Gasteiger partial charge in [0.05, 0.1) is 6.42 Å². The molecule has 1 fully saturated rings. The van der Waals surface area contributed by atoms with Gasteiger partial charge in [-0.05, 0) is 12.8 Å². The molecule has 0 radical (unpaired) electrons. The third-order valence-corrected chi connectivity index (χ3v) is 3.71. The Hall–Kier alpha value is -1.32. The van der Waals surface area contributed by atoms with Crippen molar-refractivity contribution in [3.8, 4) is 0 Å². The van der Waals surface area contributed by atoms with Crippen molar-refractivity contribution in [2.75, 3.05) is 0 Å². The average Bonchev–Trinajstić information content (AvgIpc) is 2.69. The lowest BCUT2D eigenvalue weighted by molar-refractivity contribution is -0.137. The number of carboxylic acid groups (broad SMARTS) is 1. The van der Waals surface area contributed by atoms with E-state index in [1.807, 2.05) is 13.2 Å². The number of hydrogen-bond acceptors (Lipinski definition) is 2. The van der Waals surface area contributed by atoms with Crippen molar-refractivity contribution in [1.82, 2.24) is 9.55 Å². The largest absolute Gasteiger partial charge is 0.481 e. The number of carbonyl (C=O) groups is 1. The van der Waals surface area contributed by atoms with Gasteiger partial charge in [0.25, 0.3) is 0 Å². The number of aliphatic carboxylic acids is 1. The van der Waals surface area contributed by atoms with Gasteiger partial charge in [-0.25, -0.2) is 4.98 Å². The molecule has 1 saturated carbocycles. The quantitative estimate of drug-likeness (QED) is 0.873. The summed E-state index contributed by atoms with van der Waals surface area (Å²) in [6, 6.07) is 0. The molecule has 0 aromatic carbocycles. The Morgan fingerprint density at radius 3 is 2.82 bits per heavy atom. The number of aryl methyl sites for hydroxylation is 1. The van der Waals surface area contributed by atoms with Crippen LogP contribution in [0.5, 0.6) is 0 Å². The molecule has 1 N–H and O–H groups in total. The fourth-order valence-corrected chi connectivity index (χ4v) is 2.69. The van der Waals surface area contributed by atoms with E-state index < -0.39 is 5.97 Å². The Balaban J connectivity index is 2.05. The van der Waals surface area contributed by atoms with Crippen LogP contribution in [0.3, 0.4) is 0 Å². The van der Waals surface area contributed by atoms with Crippen LogP contribution < -0.4 is 0 Å². The highest BCUT2D eigenvalue weighted by atomic mass is 16.4. The van der Waals surface area contributed by atoms with E-state index in [1.54, 1.807) is 0 Å². The van der Waals surface area contributed by atoms with Gasteiger partial charge < -0.3 is 9.67 Å². The third kappa shape index (κ3) is 2.87. The Labute approximate surface area is 102 Å². The van der Waals surface area contributed by atoms with Gasteiger partial charge in [-0.1, -0.05) is 19.3 Å². The maximum absolute atomic E-state index is 10.6. The van der Waals surface area contributed by atoms with Crippen molar-refractivity contribution < 1.29 is 9.90 Å². The lowest BCUT2D eigenvalue weighted by Gasteiger charge is -2.22. The molecule has 0 spiro atoms. The standard InChI is InChI=1S/C13H20N2O2/c1-15-11(10-5-3-2-4-6-10)9-14-12(15)7-8-13(16)17/h9-10H,2-8H2,1H3,(H,16,17). The van der Waals surface area contributed by atoms with E-state index in [0.717, 1.165) is 5.82 Å². The molecule has 0 bridgehead atoms. The predicted octanol–water partition coefficient (Wildman–Crippen LogP) is 2.49. The van der Waals surface area contributed by atoms with Crippen molar-refractivity contribution in [3.63, 3.8) is 0 Å². The van der Waals surface area contributed by atoms with E-state index in [-0.39, 0.29) is 6.42 Å². The summed E-state index contributed by atoms with van der Waals surface area (Å²) >= 11 is 0. The molecule has 1 aromatic rings. The molecule has 94 valence electrons. The van der Waals surface area contributed by atoms with Gasteiger partial charge in [-0.2, -0.15) is 0 Å². The first-order chi connectivity index (χ1) is 8.18. The first-order valence-electron chi connectivity index (χ1n) is 6.40. The second-order valence-corrected chi connectivity index (χ2v) is 4.89. The zero-order valence-corrected chi connectivity index (χ0v) is 10.4. The van der Waals surface area contributed by atoms with Crippen LogP contribution in [-0.4, -0.2) is 20.6 Å². The van der Waals surface area contributed by atoms with E-state index in [2.05, 4.69) is 9.55 Å². The zero-order valence-electron chi connectivity index (χ0n) is 10.4. The van der Waals surface area contributed by atoms with E-state index in [1.165, 1.54) is 37.8 Å². The Kier molecular flexibility index (Phi) is 3.82. The van der Waals surface area contributed by atoms with Crippen LogP contribution in [0.15, 0.2) is 6.20 Å². The van der Waals surface area contributed by atoms with Crippen molar-refractivity contribution in [3.05, 3.63) is 17.7 Å². The number of hydrogen-bond donors (Lipinski definition) is 1. The van der Waals surface area contributed by atoms with E-state index in [4.69, 9.17) is 5.11 Å². The summed E-state index contributed by atoms with van der Waals surface area (Å²) in [5.41, 5.74) is 1.28. The normalized spacial score (nSPS) is 17.2. The molecule has 17 heavy (non-hydrogen) atoms. The van der Waals surface area contributed by atoms with Crippen LogP contribution in [0.4, 0.5) is 0 Å². The summed E-state index contributed by atoms with van der Waals surface area (Å²) in [4.78, 5) is 14.9. The Morgan fingerprint density at radius 2 is 2.18 bits per heavy atom. The van der Waals surface area contributed by atoms with Crippen LogP contribution in [0.25, 0.3) is 0 Å². The molecule has 2 rings (SSSR count). The molecule has 0 atom stereocenters. The predicted molar refractivity (Wildman–Crippen MR) is 65.0 cm³/mol. The van der Waals surface area contributed by atoms with Crippen molar-refractivity contribution >= 4 is 5.97 Å². The summed E-state index contributed by atoms with van der Waals surface area (Å²) in [5.74, 6) is 0.764. The zero-order chi connectivity index (χ0) is 12.3. The molecular formula is C13H20N2O2. The molecule has 0 saturated heterocycles. The number of carboxylic acids is 1. The van der Waals surface area contributed by atoms with Gasteiger partial charge in [-0.3, -0.25) is 4.79 Å². The fraction of sp³-hybridized carbons (Fsp3) is 0.692. The molecule has 4 heteroatoms. The van der Waals surface area contributed by atoms with Gasteiger partial charge in [0.15, 0.2) is 0 Å². The maximum atomic E-state index is 10.6. The van der Waals surface area contributed by atoms with Gasteiger partial charge in [-0.15, -0.1) is 0 Å². The average molecular weight is 236 g/mol. The summed E-state index contributed by atoms with van der Waals surface area (Å²) in [6.45, 7) is 0. The first kappa shape index (κ1) is 12.1. The minimum atomic E-state index is -0.757. The summed E-state index contributed by atoms with van der Waals surface area (Å²) in [6.07, 6.45) is 9.08. The second-order valence-electron chi connectivity index (χ2n) is 4.89. The van der Waals surface area contributed by atoms with E-state index in [9.17, 15) is 4.79 Å². The van der Waals surface area contributed by atoms with Crippen molar-refractivity contribution in [1.29, 1.82) is 0 Å². The minimum absolute atomic E-state index is 0.162. The molecule has 0 aliphatic heterocycles. The topological polar surface area (TPSA) is 55.1 Å². The van der Waals surface area contributed by atoms with Crippen LogP contribution >= 0.6 is 0 Å². The summed E-state index contributed by atoms with van der Waals surface area (Å²) in [7, 11) is 2.01. The molecule has 1 aliphatic rings. The highest BCUT2D eigenvalue weighted by Gasteiger charge is 2.19. The monoisotopic (exact) mass is 236 g/mol. The smallest absolute Gasteiger partial charge is 0.303 e. The van der Waals surface area contributed by atoms with Gasteiger partial charge in [0, 0.05) is 31.3 Å². The highest BCUT2D eigenvalue weighted by Crippen LogP contribution is 2.32. The first-order valence-corrected chi connectivity index (χ1v) is 6.40. The Morgan fingerprint density at radius 1 is 1.47 bits per heavy atom. The number of rotatable bonds is 4. The van der Waals surface area contributed by atoms with Crippen LogP contribution in [0, 0.1) is 0 Å². The molecule has 1 heterocycles. The molecular weight excluding hydrogens is 216 g/mol. The number of imidazole rings is 1. The maximum Gasteiger partial charge on any atom is 0.303 e. The van der Waals surface area contributed by atoms with Crippen LogP contribution in [-0.2, 0) is 18.3 Å². The molecule has 1 aliphatic carbocycles. The van der Waals surface area contributed by atoms with Crippen molar-refractivity contribution in [2.45, 2.75) is 50.9 Å². The molecule has 1 aromatic heterocycles. The summed E-state index contributed by atoms with van der Waals surface area (Å²) < 4.78 is 2.10.